The predicted octanol–water partition coefficient (Wildman–Crippen LogP) is 2.56. The Hall–Kier alpha value is -0.430. The van der Waals surface area contributed by atoms with Crippen LogP contribution in [-0.4, -0.2) is 4.98 Å². The lowest BCUT2D eigenvalue weighted by atomic mass is 10.1. The quantitative estimate of drug-likeness (QED) is 0.625. The molecule has 0 aliphatic carbocycles. The van der Waals surface area contributed by atoms with Crippen LogP contribution >= 0.6 is 12.4 Å². The molecule has 0 radical (unpaired) electrons. The molecule has 0 saturated heterocycles. The van der Waals surface area contributed by atoms with Crippen LogP contribution in [0, 0.1) is 0 Å². The molecular formula is C7H12ClN. The number of aromatic nitrogens is 1. The third kappa shape index (κ3) is 2.10. The second-order valence-electron chi connectivity index (χ2n) is 2.28. The minimum absolute atomic E-state index is 0. The molecule has 1 N–H and O–H groups in total. The Morgan fingerprint density at radius 2 is 2.11 bits per heavy atom. The van der Waals surface area contributed by atoms with Crippen LogP contribution < -0.4 is 0 Å². The third-order valence-corrected chi connectivity index (χ3v) is 1.24. The molecule has 0 spiro atoms. The van der Waals surface area contributed by atoms with E-state index < -0.39 is 0 Å². The fourth-order valence-electron chi connectivity index (χ4n) is 0.703. The van der Waals surface area contributed by atoms with Gasteiger partial charge < -0.3 is 4.98 Å². The van der Waals surface area contributed by atoms with Gasteiger partial charge in [0.25, 0.3) is 0 Å². The Morgan fingerprint density at radius 1 is 1.44 bits per heavy atom. The molecule has 1 aromatic heterocycles. The van der Waals surface area contributed by atoms with Crippen molar-refractivity contribution in [2.45, 2.75) is 19.8 Å². The van der Waals surface area contributed by atoms with E-state index in [-0.39, 0.29) is 12.4 Å². The first-order chi connectivity index (χ1) is 3.80. The van der Waals surface area contributed by atoms with E-state index in [0.717, 1.165) is 0 Å². The van der Waals surface area contributed by atoms with Gasteiger partial charge in [-0.15, -0.1) is 12.4 Å². The van der Waals surface area contributed by atoms with Crippen LogP contribution in [0.15, 0.2) is 18.3 Å². The maximum atomic E-state index is 3.14. The molecule has 0 aliphatic rings. The van der Waals surface area contributed by atoms with E-state index in [1.165, 1.54) is 5.69 Å². The number of halogens is 1. The highest BCUT2D eigenvalue weighted by Gasteiger charge is 1.94. The summed E-state index contributed by atoms with van der Waals surface area (Å²) in [6.45, 7) is 4.34. The van der Waals surface area contributed by atoms with Crippen LogP contribution in [-0.2, 0) is 0 Å². The van der Waals surface area contributed by atoms with Crippen LogP contribution in [0.1, 0.15) is 25.5 Å². The van der Waals surface area contributed by atoms with Gasteiger partial charge in [0.15, 0.2) is 0 Å². The van der Waals surface area contributed by atoms with E-state index in [1.807, 2.05) is 12.3 Å². The first-order valence-corrected chi connectivity index (χ1v) is 2.94. The number of H-pyrrole nitrogens is 1. The van der Waals surface area contributed by atoms with Gasteiger partial charge in [-0.05, 0) is 18.1 Å². The fourth-order valence-corrected chi connectivity index (χ4v) is 0.703. The second kappa shape index (κ2) is 3.57. The van der Waals surface area contributed by atoms with Gasteiger partial charge >= 0.3 is 0 Å². The fraction of sp³-hybridized carbons (Fsp3) is 0.429. The van der Waals surface area contributed by atoms with Crippen LogP contribution in [0.4, 0.5) is 0 Å². The van der Waals surface area contributed by atoms with Crippen molar-refractivity contribution in [2.24, 2.45) is 0 Å². The van der Waals surface area contributed by atoms with E-state index in [2.05, 4.69) is 24.9 Å². The van der Waals surface area contributed by atoms with Gasteiger partial charge in [-0.1, -0.05) is 13.8 Å². The first kappa shape index (κ1) is 8.57. The van der Waals surface area contributed by atoms with Crippen molar-refractivity contribution < 1.29 is 0 Å². The molecule has 0 bridgehead atoms. The van der Waals surface area contributed by atoms with Crippen molar-refractivity contribution in [3.8, 4) is 0 Å². The molecule has 2 heteroatoms. The molecule has 0 aromatic carbocycles. The summed E-state index contributed by atoms with van der Waals surface area (Å²) < 4.78 is 0. The van der Waals surface area contributed by atoms with Gasteiger partial charge in [-0.2, -0.15) is 0 Å². The van der Waals surface area contributed by atoms with E-state index in [0.29, 0.717) is 5.92 Å². The van der Waals surface area contributed by atoms with Gasteiger partial charge in [0, 0.05) is 11.9 Å². The van der Waals surface area contributed by atoms with Gasteiger partial charge in [-0.3, -0.25) is 0 Å². The Bertz CT molecular complexity index is 144. The highest BCUT2D eigenvalue weighted by Crippen LogP contribution is 2.09. The van der Waals surface area contributed by atoms with E-state index in [9.17, 15) is 0 Å². The monoisotopic (exact) mass is 145 g/mol. The van der Waals surface area contributed by atoms with Crippen molar-refractivity contribution >= 4 is 12.4 Å². The summed E-state index contributed by atoms with van der Waals surface area (Å²) in [7, 11) is 0. The highest BCUT2D eigenvalue weighted by molar-refractivity contribution is 5.85. The predicted molar refractivity (Wildman–Crippen MR) is 42.1 cm³/mol. The normalized spacial score (nSPS) is 9.22. The lowest BCUT2D eigenvalue weighted by Crippen LogP contribution is -1.83. The van der Waals surface area contributed by atoms with Gasteiger partial charge in [-0.25, -0.2) is 0 Å². The third-order valence-electron chi connectivity index (χ3n) is 1.24. The zero-order valence-electron chi connectivity index (χ0n) is 5.72. The summed E-state index contributed by atoms with van der Waals surface area (Å²) >= 11 is 0. The smallest absolute Gasteiger partial charge is 0.0173 e. The van der Waals surface area contributed by atoms with E-state index >= 15 is 0 Å². The van der Waals surface area contributed by atoms with Crippen molar-refractivity contribution in [2.75, 3.05) is 0 Å². The number of nitrogens with one attached hydrogen (secondary N) is 1. The summed E-state index contributed by atoms with van der Waals surface area (Å²) in [6, 6.07) is 4.12. The lowest BCUT2D eigenvalue weighted by Gasteiger charge is -1.97. The number of rotatable bonds is 1. The standard InChI is InChI=1S/C7H11N.ClH/c1-6(2)7-4-3-5-8-7;/h3-6,8H,1-2H3;1H. The average molecular weight is 146 g/mol. The Balaban J connectivity index is 0.000000640. The molecule has 9 heavy (non-hydrogen) atoms. The van der Waals surface area contributed by atoms with E-state index in [4.69, 9.17) is 0 Å². The van der Waals surface area contributed by atoms with Crippen LogP contribution in [0.5, 0.6) is 0 Å². The van der Waals surface area contributed by atoms with E-state index in [1.54, 1.807) is 0 Å². The van der Waals surface area contributed by atoms with Crippen LogP contribution in [0.3, 0.4) is 0 Å². The zero-order valence-corrected chi connectivity index (χ0v) is 6.53. The van der Waals surface area contributed by atoms with Crippen molar-refractivity contribution in [3.05, 3.63) is 24.0 Å². The lowest BCUT2D eigenvalue weighted by molar-refractivity contribution is 0.833. The molecule has 52 valence electrons. The van der Waals surface area contributed by atoms with Gasteiger partial charge in [0.1, 0.15) is 0 Å². The maximum absolute atomic E-state index is 3.14. The highest BCUT2D eigenvalue weighted by atomic mass is 35.5. The van der Waals surface area contributed by atoms with Crippen LogP contribution in [0.25, 0.3) is 0 Å². The molecule has 0 saturated carbocycles. The maximum Gasteiger partial charge on any atom is 0.0173 e. The zero-order chi connectivity index (χ0) is 5.98. The average Bonchev–Trinajstić information content (AvgIpc) is 2.12. The molecule has 0 fully saturated rings. The van der Waals surface area contributed by atoms with Gasteiger partial charge in [0.2, 0.25) is 0 Å². The summed E-state index contributed by atoms with van der Waals surface area (Å²) in [5, 5.41) is 0. The first-order valence-electron chi connectivity index (χ1n) is 2.94. The summed E-state index contributed by atoms with van der Waals surface area (Å²) in [5.74, 6) is 0.630. The number of aromatic amines is 1. The molecule has 0 aliphatic heterocycles. The Labute approximate surface area is 61.9 Å². The Morgan fingerprint density at radius 3 is 2.33 bits per heavy atom. The summed E-state index contributed by atoms with van der Waals surface area (Å²) in [4.78, 5) is 3.14. The van der Waals surface area contributed by atoms with Gasteiger partial charge in [0.05, 0.1) is 0 Å². The van der Waals surface area contributed by atoms with Crippen molar-refractivity contribution in [3.63, 3.8) is 0 Å². The molecule has 0 amide bonds. The molecule has 1 nitrogen and oxygen atoms in total. The number of hydrogen-bond donors (Lipinski definition) is 1. The number of hydrogen-bond acceptors (Lipinski definition) is 0. The largest absolute Gasteiger partial charge is 0.365 e. The molecule has 1 aromatic rings. The summed E-state index contributed by atoms with van der Waals surface area (Å²) in [5.41, 5.74) is 1.31. The summed E-state index contributed by atoms with van der Waals surface area (Å²) in [6.07, 6.45) is 1.95. The molecule has 0 atom stereocenters. The van der Waals surface area contributed by atoms with Crippen molar-refractivity contribution in [1.29, 1.82) is 0 Å². The molecule has 1 heterocycles. The molecular weight excluding hydrogens is 134 g/mol. The topological polar surface area (TPSA) is 15.8 Å². The van der Waals surface area contributed by atoms with Crippen molar-refractivity contribution in [1.82, 2.24) is 4.98 Å². The minimum atomic E-state index is 0. The Kier molecular flexibility index (Phi) is 3.40. The second-order valence-corrected chi connectivity index (χ2v) is 2.28. The minimum Gasteiger partial charge on any atom is -0.365 e. The molecule has 0 unspecified atom stereocenters. The van der Waals surface area contributed by atoms with Crippen LogP contribution in [0.2, 0.25) is 0 Å². The SMILES string of the molecule is CC(C)c1ccc[nH]1.Cl. The molecule has 1 rings (SSSR count).